The summed E-state index contributed by atoms with van der Waals surface area (Å²) in [6, 6.07) is 11.1. The fourth-order valence-corrected chi connectivity index (χ4v) is 4.26. The molecule has 0 aliphatic carbocycles. The van der Waals surface area contributed by atoms with Gasteiger partial charge in [0.05, 0.1) is 16.3 Å². The molecule has 3 aromatic rings. The van der Waals surface area contributed by atoms with E-state index >= 15 is 0 Å². The van der Waals surface area contributed by atoms with E-state index < -0.39 is 0 Å². The Morgan fingerprint density at radius 1 is 1.26 bits per heavy atom. The van der Waals surface area contributed by atoms with Crippen LogP contribution in [0.15, 0.2) is 55.8 Å². The smallest absolute Gasteiger partial charge is 0.272 e. The summed E-state index contributed by atoms with van der Waals surface area (Å²) < 4.78 is 2.39. The average Bonchev–Trinajstić information content (AvgIpc) is 2.96. The highest BCUT2D eigenvalue weighted by Gasteiger charge is 2.11. The molecule has 0 bridgehead atoms. The first kappa shape index (κ1) is 16.2. The van der Waals surface area contributed by atoms with E-state index in [4.69, 9.17) is 0 Å². The largest absolute Gasteiger partial charge is 0.506 e. The van der Waals surface area contributed by atoms with Gasteiger partial charge in [-0.1, -0.05) is 34.1 Å². The number of halogens is 2. The minimum atomic E-state index is -0.285. The van der Waals surface area contributed by atoms with Crippen LogP contribution in [0.4, 0.5) is 0 Å². The summed E-state index contributed by atoms with van der Waals surface area (Å²) in [5.41, 5.74) is 3.56. The maximum atomic E-state index is 12.2. The molecular weight excluding hydrogens is 444 g/mol. The van der Waals surface area contributed by atoms with Gasteiger partial charge in [-0.2, -0.15) is 5.10 Å². The van der Waals surface area contributed by atoms with Crippen molar-refractivity contribution in [3.63, 3.8) is 0 Å². The third kappa shape index (κ3) is 3.46. The highest BCUT2D eigenvalue weighted by Crippen LogP contribution is 2.30. The zero-order chi connectivity index (χ0) is 16.4. The third-order valence-electron chi connectivity index (χ3n) is 3.15. The normalized spacial score (nSPS) is 11.2. The van der Waals surface area contributed by atoms with Gasteiger partial charge in [-0.25, -0.2) is 5.43 Å². The van der Waals surface area contributed by atoms with Crippen LogP contribution in [-0.2, 0) is 0 Å². The van der Waals surface area contributed by atoms with E-state index in [2.05, 4.69) is 42.4 Å². The number of fused-ring (bicyclic) bond motifs is 1. The van der Waals surface area contributed by atoms with Gasteiger partial charge in [-0.15, -0.1) is 11.3 Å². The molecule has 0 spiro atoms. The van der Waals surface area contributed by atoms with E-state index in [0.717, 1.165) is 14.6 Å². The van der Waals surface area contributed by atoms with Crippen LogP contribution in [0.1, 0.15) is 15.9 Å². The molecule has 2 N–H and O–H groups in total. The van der Waals surface area contributed by atoms with Crippen LogP contribution in [0.5, 0.6) is 5.75 Å². The second kappa shape index (κ2) is 6.82. The van der Waals surface area contributed by atoms with Crippen molar-refractivity contribution in [1.82, 2.24) is 5.43 Å². The molecule has 0 aliphatic rings. The molecule has 0 saturated heterocycles. The number of nitrogens with zero attached hydrogens (tertiary/aromatic N) is 1. The van der Waals surface area contributed by atoms with Crippen LogP contribution in [0.25, 0.3) is 10.1 Å². The van der Waals surface area contributed by atoms with Crippen molar-refractivity contribution < 1.29 is 9.90 Å². The Kier molecular flexibility index (Phi) is 4.79. The maximum Gasteiger partial charge on any atom is 0.272 e. The summed E-state index contributed by atoms with van der Waals surface area (Å²) in [7, 11) is 0. The Balaban J connectivity index is 1.79. The molecule has 1 amide bonds. The molecule has 0 aliphatic heterocycles. The molecular formula is C16H10Br2N2O2S. The first-order chi connectivity index (χ1) is 11.1. The third-order valence-corrected chi connectivity index (χ3v) is 5.18. The van der Waals surface area contributed by atoms with Crippen LogP contribution in [0.2, 0.25) is 0 Å². The monoisotopic (exact) mass is 452 g/mol. The fourth-order valence-electron chi connectivity index (χ4n) is 2.06. The van der Waals surface area contributed by atoms with Crippen LogP contribution >= 0.6 is 43.2 Å². The quantitative estimate of drug-likeness (QED) is 0.437. The number of nitrogens with one attached hydrogen (secondary N) is 1. The van der Waals surface area contributed by atoms with Gasteiger partial charge >= 0.3 is 0 Å². The van der Waals surface area contributed by atoms with Crippen molar-refractivity contribution in [3.8, 4) is 5.75 Å². The van der Waals surface area contributed by atoms with Crippen molar-refractivity contribution in [2.45, 2.75) is 0 Å². The van der Waals surface area contributed by atoms with Gasteiger partial charge in [0.15, 0.2) is 0 Å². The number of hydrogen-bond donors (Lipinski definition) is 2. The lowest BCUT2D eigenvalue weighted by Gasteiger charge is -2.03. The lowest BCUT2D eigenvalue weighted by molar-refractivity contribution is 0.0957. The number of benzene rings is 2. The van der Waals surface area contributed by atoms with Crippen molar-refractivity contribution in [2.24, 2.45) is 5.10 Å². The molecule has 0 fully saturated rings. The topological polar surface area (TPSA) is 61.7 Å². The van der Waals surface area contributed by atoms with Gasteiger partial charge < -0.3 is 5.11 Å². The molecule has 116 valence electrons. The predicted octanol–water partition coefficient (Wildman–Crippen LogP) is 4.90. The SMILES string of the molecule is O=C(N/N=C/c1cc(Br)cc(Br)c1O)c1csc2ccccc12. The summed E-state index contributed by atoms with van der Waals surface area (Å²) in [5, 5.41) is 16.6. The number of rotatable bonds is 3. The highest BCUT2D eigenvalue weighted by molar-refractivity contribution is 9.11. The number of phenolic OH excluding ortho intramolecular Hbond substituents is 1. The fraction of sp³-hybridized carbons (Fsp3) is 0. The molecule has 3 rings (SSSR count). The van der Waals surface area contributed by atoms with Crippen molar-refractivity contribution in [2.75, 3.05) is 0 Å². The first-order valence-corrected chi connectivity index (χ1v) is 9.00. The standard InChI is InChI=1S/C16H10Br2N2O2S/c17-10-5-9(15(21)13(18)6-10)7-19-20-16(22)12-8-23-14-4-2-1-3-11(12)14/h1-8,21H,(H,20,22)/b19-7+. The zero-order valence-electron chi connectivity index (χ0n) is 11.6. The zero-order valence-corrected chi connectivity index (χ0v) is 15.6. The second-order valence-electron chi connectivity index (χ2n) is 4.67. The van der Waals surface area contributed by atoms with E-state index in [0.29, 0.717) is 15.6 Å². The molecule has 23 heavy (non-hydrogen) atoms. The van der Waals surface area contributed by atoms with Gasteiger partial charge in [-0.05, 0) is 34.1 Å². The summed E-state index contributed by atoms with van der Waals surface area (Å²) in [6.45, 7) is 0. The van der Waals surface area contributed by atoms with Gasteiger partial charge in [0.25, 0.3) is 5.91 Å². The van der Waals surface area contributed by atoms with Gasteiger partial charge in [0, 0.05) is 25.5 Å². The summed E-state index contributed by atoms with van der Waals surface area (Å²) in [6.07, 6.45) is 1.40. The van der Waals surface area contributed by atoms with Gasteiger partial charge in [0.1, 0.15) is 5.75 Å². The first-order valence-electron chi connectivity index (χ1n) is 6.54. The van der Waals surface area contributed by atoms with Crippen LogP contribution < -0.4 is 5.43 Å². The number of thiophene rings is 1. The van der Waals surface area contributed by atoms with E-state index in [1.54, 1.807) is 12.1 Å². The van der Waals surface area contributed by atoms with E-state index in [9.17, 15) is 9.90 Å². The van der Waals surface area contributed by atoms with Crippen molar-refractivity contribution in [1.29, 1.82) is 0 Å². The van der Waals surface area contributed by atoms with Gasteiger partial charge in [-0.3, -0.25) is 4.79 Å². The summed E-state index contributed by atoms with van der Waals surface area (Å²) in [4.78, 5) is 12.2. The Hall–Kier alpha value is -1.70. The van der Waals surface area contributed by atoms with Crippen molar-refractivity contribution >= 4 is 65.4 Å². The van der Waals surface area contributed by atoms with Crippen LogP contribution in [-0.4, -0.2) is 17.2 Å². The van der Waals surface area contributed by atoms with Gasteiger partial charge in [0.2, 0.25) is 0 Å². The van der Waals surface area contributed by atoms with E-state index in [1.807, 2.05) is 29.6 Å². The number of aromatic hydroxyl groups is 1. The average molecular weight is 454 g/mol. The van der Waals surface area contributed by atoms with E-state index in [1.165, 1.54) is 17.6 Å². The highest BCUT2D eigenvalue weighted by atomic mass is 79.9. The minimum Gasteiger partial charge on any atom is -0.506 e. The molecule has 0 saturated carbocycles. The molecule has 0 unspecified atom stereocenters. The molecule has 4 nitrogen and oxygen atoms in total. The number of carbonyl (C=O) groups is 1. The lowest BCUT2D eigenvalue weighted by Crippen LogP contribution is -2.17. The minimum absolute atomic E-state index is 0.0622. The molecule has 0 atom stereocenters. The summed E-state index contributed by atoms with van der Waals surface area (Å²) >= 11 is 8.10. The second-order valence-corrected chi connectivity index (χ2v) is 7.35. The molecule has 2 aromatic carbocycles. The van der Waals surface area contributed by atoms with Crippen LogP contribution in [0, 0.1) is 0 Å². The number of hydrazone groups is 1. The number of carbonyl (C=O) groups excluding carboxylic acids is 1. The molecule has 7 heteroatoms. The number of phenols is 1. The Labute approximate surface area is 153 Å². The number of amides is 1. The Morgan fingerprint density at radius 2 is 2.04 bits per heavy atom. The Bertz CT molecular complexity index is 922. The summed E-state index contributed by atoms with van der Waals surface area (Å²) in [5.74, 6) is -0.223. The maximum absolute atomic E-state index is 12.2. The molecule has 1 heterocycles. The van der Waals surface area contributed by atoms with E-state index in [-0.39, 0.29) is 11.7 Å². The lowest BCUT2D eigenvalue weighted by atomic mass is 10.2. The Morgan fingerprint density at radius 3 is 2.87 bits per heavy atom. The van der Waals surface area contributed by atoms with Crippen LogP contribution in [0.3, 0.4) is 0 Å². The molecule has 0 radical (unpaired) electrons. The van der Waals surface area contributed by atoms with Crippen molar-refractivity contribution in [3.05, 3.63) is 61.9 Å². The number of hydrogen-bond acceptors (Lipinski definition) is 4. The predicted molar refractivity (Wildman–Crippen MR) is 100 cm³/mol. The molecule has 1 aromatic heterocycles.